The molecule has 2 heterocycles. The van der Waals surface area contributed by atoms with Gasteiger partial charge in [0.2, 0.25) is 5.91 Å². The lowest BCUT2D eigenvalue weighted by Crippen LogP contribution is -2.51. The van der Waals surface area contributed by atoms with E-state index in [0.717, 1.165) is 17.7 Å². The average Bonchev–Trinajstić information content (AvgIpc) is 3.12. The van der Waals surface area contributed by atoms with Crippen LogP contribution in [-0.2, 0) is 11.2 Å². The van der Waals surface area contributed by atoms with Crippen LogP contribution in [0.15, 0.2) is 30.3 Å². The van der Waals surface area contributed by atoms with Gasteiger partial charge >= 0.3 is 0 Å². The van der Waals surface area contributed by atoms with Gasteiger partial charge in [0.15, 0.2) is 0 Å². The molecule has 0 atom stereocenters. The lowest BCUT2D eigenvalue weighted by molar-refractivity contribution is -0.384. The maximum Gasteiger partial charge on any atom is 0.269 e. The second-order valence-electron chi connectivity index (χ2n) is 6.89. The molecule has 0 saturated carbocycles. The van der Waals surface area contributed by atoms with Crippen molar-refractivity contribution in [1.82, 2.24) is 10.2 Å². The molecular formula is C20H24N4O4S. The molecule has 0 bridgehead atoms. The van der Waals surface area contributed by atoms with Crippen LogP contribution in [0, 0.1) is 17.0 Å². The normalized spacial score (nSPS) is 14.0. The van der Waals surface area contributed by atoms with Crippen molar-refractivity contribution in [2.45, 2.75) is 20.3 Å². The number of thiophene rings is 1. The number of non-ortho nitro benzene ring substituents is 1. The fourth-order valence-electron chi connectivity index (χ4n) is 3.34. The monoisotopic (exact) mass is 416 g/mol. The molecule has 0 aliphatic carbocycles. The van der Waals surface area contributed by atoms with Crippen LogP contribution in [0.25, 0.3) is 0 Å². The van der Waals surface area contributed by atoms with Crippen molar-refractivity contribution in [2.24, 2.45) is 0 Å². The number of benzene rings is 1. The first-order valence-electron chi connectivity index (χ1n) is 9.53. The van der Waals surface area contributed by atoms with Crippen molar-refractivity contribution in [3.05, 3.63) is 55.8 Å². The number of nitro groups is 1. The number of nitro benzene ring substituents is 1. The third kappa shape index (κ3) is 4.92. The second-order valence-corrected chi connectivity index (χ2v) is 8.03. The van der Waals surface area contributed by atoms with Gasteiger partial charge in [-0.2, -0.15) is 0 Å². The van der Waals surface area contributed by atoms with E-state index < -0.39 is 4.92 Å². The Kier molecular flexibility index (Phi) is 6.48. The number of hydrogen-bond acceptors (Lipinski definition) is 6. The predicted molar refractivity (Wildman–Crippen MR) is 113 cm³/mol. The molecule has 1 fully saturated rings. The summed E-state index contributed by atoms with van der Waals surface area (Å²) in [6.45, 7) is 6.40. The average molecular weight is 417 g/mol. The van der Waals surface area contributed by atoms with E-state index in [1.54, 1.807) is 17.0 Å². The standard InChI is InChI=1S/C20H24N4O4S/c1-3-17-14(2)12-18(29-17)20(26)21-13-19(25)23-10-8-22(9-11-23)15-4-6-16(7-5-15)24(27)28/h4-7,12H,3,8-11,13H2,1-2H3,(H,21,26). The summed E-state index contributed by atoms with van der Waals surface area (Å²) in [7, 11) is 0. The van der Waals surface area contributed by atoms with E-state index in [1.807, 2.05) is 13.0 Å². The Morgan fingerprint density at radius 1 is 1.17 bits per heavy atom. The molecule has 1 aliphatic heterocycles. The highest BCUT2D eigenvalue weighted by Crippen LogP contribution is 2.22. The van der Waals surface area contributed by atoms with Gasteiger partial charge in [0.05, 0.1) is 16.3 Å². The molecule has 154 valence electrons. The molecule has 29 heavy (non-hydrogen) atoms. The van der Waals surface area contributed by atoms with Gasteiger partial charge in [-0.1, -0.05) is 6.92 Å². The highest BCUT2D eigenvalue weighted by Gasteiger charge is 2.22. The number of aryl methyl sites for hydroxylation is 2. The predicted octanol–water partition coefficient (Wildman–Crippen LogP) is 2.61. The lowest BCUT2D eigenvalue weighted by atomic mass is 10.2. The van der Waals surface area contributed by atoms with Crippen molar-refractivity contribution in [2.75, 3.05) is 37.6 Å². The first-order chi connectivity index (χ1) is 13.9. The number of nitrogens with one attached hydrogen (secondary N) is 1. The van der Waals surface area contributed by atoms with Crippen molar-refractivity contribution >= 4 is 34.5 Å². The van der Waals surface area contributed by atoms with Gasteiger partial charge in [0, 0.05) is 48.9 Å². The first-order valence-corrected chi connectivity index (χ1v) is 10.4. The summed E-state index contributed by atoms with van der Waals surface area (Å²) < 4.78 is 0. The summed E-state index contributed by atoms with van der Waals surface area (Å²) in [4.78, 5) is 40.7. The Bertz CT molecular complexity index is 902. The van der Waals surface area contributed by atoms with Crippen molar-refractivity contribution in [3.63, 3.8) is 0 Å². The summed E-state index contributed by atoms with van der Waals surface area (Å²) in [5, 5.41) is 13.5. The minimum atomic E-state index is -0.421. The fourth-order valence-corrected chi connectivity index (χ4v) is 4.37. The first kappa shape index (κ1) is 20.8. The SMILES string of the molecule is CCc1sc(C(=O)NCC(=O)N2CCN(c3ccc([N+](=O)[O-])cc3)CC2)cc1C. The maximum absolute atomic E-state index is 12.4. The number of piperazine rings is 1. The van der Waals surface area contributed by atoms with Crippen LogP contribution in [0.4, 0.5) is 11.4 Å². The molecule has 1 saturated heterocycles. The third-order valence-corrected chi connectivity index (χ3v) is 6.40. The number of nitrogens with zero attached hydrogens (tertiary/aromatic N) is 3. The molecule has 8 nitrogen and oxygen atoms in total. The van der Waals surface area contributed by atoms with E-state index in [-0.39, 0.29) is 24.0 Å². The minimum Gasteiger partial charge on any atom is -0.368 e. The van der Waals surface area contributed by atoms with Gasteiger partial charge in [-0.05, 0) is 37.1 Å². The number of carbonyl (C=O) groups is 2. The largest absolute Gasteiger partial charge is 0.368 e. The Hall–Kier alpha value is -2.94. The zero-order valence-electron chi connectivity index (χ0n) is 16.5. The van der Waals surface area contributed by atoms with Crippen LogP contribution < -0.4 is 10.2 Å². The number of carbonyl (C=O) groups excluding carboxylic acids is 2. The van der Waals surface area contributed by atoms with Crippen LogP contribution in [0.5, 0.6) is 0 Å². The lowest BCUT2D eigenvalue weighted by Gasteiger charge is -2.36. The molecule has 2 amide bonds. The smallest absolute Gasteiger partial charge is 0.269 e. The summed E-state index contributed by atoms with van der Waals surface area (Å²) in [6.07, 6.45) is 0.891. The number of amides is 2. The molecule has 1 N–H and O–H groups in total. The zero-order valence-corrected chi connectivity index (χ0v) is 17.3. The van der Waals surface area contributed by atoms with Crippen molar-refractivity contribution in [3.8, 4) is 0 Å². The van der Waals surface area contributed by atoms with Crippen LogP contribution >= 0.6 is 11.3 Å². The molecule has 1 aromatic carbocycles. The van der Waals surface area contributed by atoms with Crippen LogP contribution in [0.2, 0.25) is 0 Å². The summed E-state index contributed by atoms with van der Waals surface area (Å²) in [5.41, 5.74) is 2.07. The summed E-state index contributed by atoms with van der Waals surface area (Å²) >= 11 is 1.47. The summed E-state index contributed by atoms with van der Waals surface area (Å²) in [6, 6.07) is 8.29. The van der Waals surface area contributed by atoms with Gasteiger partial charge < -0.3 is 15.1 Å². The van der Waals surface area contributed by atoms with Crippen LogP contribution in [0.3, 0.4) is 0 Å². The molecule has 0 unspecified atom stereocenters. The molecule has 1 aromatic heterocycles. The Labute approximate surface area is 173 Å². The highest BCUT2D eigenvalue weighted by atomic mass is 32.1. The minimum absolute atomic E-state index is 0.0191. The zero-order chi connectivity index (χ0) is 21.0. The molecule has 0 spiro atoms. The Morgan fingerprint density at radius 2 is 1.83 bits per heavy atom. The van der Waals surface area contributed by atoms with Crippen LogP contribution in [0.1, 0.15) is 27.0 Å². The van der Waals surface area contributed by atoms with E-state index in [1.165, 1.54) is 28.3 Å². The van der Waals surface area contributed by atoms with Crippen molar-refractivity contribution in [1.29, 1.82) is 0 Å². The summed E-state index contributed by atoms with van der Waals surface area (Å²) in [5.74, 6) is -0.318. The van der Waals surface area contributed by atoms with E-state index in [9.17, 15) is 19.7 Å². The molecule has 9 heteroatoms. The van der Waals surface area contributed by atoms with Gasteiger partial charge in [-0.25, -0.2) is 0 Å². The second kappa shape index (κ2) is 9.04. The third-order valence-electron chi connectivity index (χ3n) is 5.02. The molecule has 2 aromatic rings. The molecular weight excluding hydrogens is 392 g/mol. The van der Waals surface area contributed by atoms with E-state index in [2.05, 4.69) is 17.1 Å². The van der Waals surface area contributed by atoms with Gasteiger partial charge in [-0.15, -0.1) is 11.3 Å². The van der Waals surface area contributed by atoms with E-state index >= 15 is 0 Å². The highest BCUT2D eigenvalue weighted by molar-refractivity contribution is 7.14. The number of hydrogen-bond donors (Lipinski definition) is 1. The van der Waals surface area contributed by atoms with Crippen LogP contribution in [-0.4, -0.2) is 54.4 Å². The van der Waals surface area contributed by atoms with E-state index in [4.69, 9.17) is 0 Å². The topological polar surface area (TPSA) is 95.8 Å². The van der Waals surface area contributed by atoms with Crippen molar-refractivity contribution < 1.29 is 14.5 Å². The van der Waals surface area contributed by atoms with Gasteiger partial charge in [0.25, 0.3) is 11.6 Å². The van der Waals surface area contributed by atoms with Gasteiger partial charge in [-0.3, -0.25) is 19.7 Å². The Morgan fingerprint density at radius 3 is 2.38 bits per heavy atom. The molecule has 0 radical (unpaired) electrons. The maximum atomic E-state index is 12.4. The fraction of sp³-hybridized carbons (Fsp3) is 0.400. The molecule has 1 aliphatic rings. The van der Waals surface area contributed by atoms with E-state index in [0.29, 0.717) is 31.1 Å². The Balaban J connectivity index is 1.48. The van der Waals surface area contributed by atoms with Gasteiger partial charge in [0.1, 0.15) is 0 Å². The number of rotatable bonds is 6. The number of anilines is 1. The quantitative estimate of drug-likeness (QED) is 0.577. The molecule has 3 rings (SSSR count).